The van der Waals surface area contributed by atoms with Crippen molar-refractivity contribution in [3.05, 3.63) is 29.5 Å². The first-order chi connectivity index (χ1) is 7.15. The van der Waals surface area contributed by atoms with Crippen molar-refractivity contribution in [1.82, 2.24) is 9.97 Å². The summed E-state index contributed by atoms with van der Waals surface area (Å²) in [5.74, 6) is -1.10. The number of carbonyl (C=O) groups excluding carboxylic acids is 1. The number of aromatic amines is 1. The molecule has 0 bridgehead atoms. The van der Waals surface area contributed by atoms with Crippen LogP contribution in [0.25, 0.3) is 10.9 Å². The average Bonchev–Trinajstić information content (AvgIpc) is 2.55. The van der Waals surface area contributed by atoms with Gasteiger partial charge >= 0.3 is 5.97 Å². The Morgan fingerprint density at radius 1 is 1.60 bits per heavy atom. The van der Waals surface area contributed by atoms with Gasteiger partial charge in [-0.25, -0.2) is 9.78 Å². The molecule has 0 aliphatic carbocycles. The molecule has 0 saturated heterocycles. The highest BCUT2D eigenvalue weighted by Crippen LogP contribution is 2.23. The van der Waals surface area contributed by atoms with Crippen LogP contribution in [0.5, 0.6) is 0 Å². The zero-order valence-corrected chi connectivity index (χ0v) is 8.30. The molecule has 78 valence electrons. The van der Waals surface area contributed by atoms with Gasteiger partial charge in [-0.2, -0.15) is 4.39 Å². The second-order valence-corrected chi connectivity index (χ2v) is 3.14. The minimum absolute atomic E-state index is 0.232. The maximum absolute atomic E-state index is 13.3. The number of fused-ring (bicyclic) bond motifs is 1. The SMILES string of the molecule is COC(=O)c1c(C)[nH]c2c(F)nccc12. The Morgan fingerprint density at radius 3 is 3.00 bits per heavy atom. The van der Waals surface area contributed by atoms with Crippen molar-refractivity contribution in [1.29, 1.82) is 0 Å². The Kier molecular flexibility index (Phi) is 2.15. The van der Waals surface area contributed by atoms with Crippen molar-refractivity contribution in [3.8, 4) is 0 Å². The second kappa shape index (κ2) is 3.34. The molecule has 2 rings (SSSR count). The Morgan fingerprint density at radius 2 is 2.33 bits per heavy atom. The zero-order chi connectivity index (χ0) is 11.0. The monoisotopic (exact) mass is 208 g/mol. The molecular weight excluding hydrogens is 199 g/mol. The molecule has 2 heterocycles. The van der Waals surface area contributed by atoms with Crippen LogP contribution in [0, 0.1) is 12.9 Å². The van der Waals surface area contributed by atoms with E-state index in [9.17, 15) is 9.18 Å². The highest BCUT2D eigenvalue weighted by molar-refractivity contribution is 6.05. The summed E-state index contributed by atoms with van der Waals surface area (Å²) in [6.07, 6.45) is 1.32. The fraction of sp³-hybridized carbons (Fsp3) is 0.200. The number of hydrogen-bond acceptors (Lipinski definition) is 3. The van der Waals surface area contributed by atoms with E-state index in [-0.39, 0.29) is 5.52 Å². The van der Waals surface area contributed by atoms with Crippen LogP contribution < -0.4 is 0 Å². The lowest BCUT2D eigenvalue weighted by molar-refractivity contribution is 0.0602. The van der Waals surface area contributed by atoms with Crippen molar-refractivity contribution in [2.24, 2.45) is 0 Å². The number of esters is 1. The quantitative estimate of drug-likeness (QED) is 0.574. The minimum Gasteiger partial charge on any atom is -0.465 e. The fourth-order valence-corrected chi connectivity index (χ4v) is 1.58. The lowest BCUT2D eigenvalue weighted by Gasteiger charge is -1.97. The number of carbonyl (C=O) groups is 1. The van der Waals surface area contributed by atoms with Gasteiger partial charge in [-0.05, 0) is 13.0 Å². The lowest BCUT2D eigenvalue weighted by Crippen LogP contribution is -2.02. The highest BCUT2D eigenvalue weighted by Gasteiger charge is 2.18. The Bertz CT molecular complexity index is 533. The van der Waals surface area contributed by atoms with Crippen molar-refractivity contribution >= 4 is 16.9 Å². The first-order valence-electron chi connectivity index (χ1n) is 4.36. The number of pyridine rings is 1. The van der Waals surface area contributed by atoms with Crippen LogP contribution in [0.4, 0.5) is 4.39 Å². The Hall–Kier alpha value is -1.91. The molecule has 15 heavy (non-hydrogen) atoms. The van der Waals surface area contributed by atoms with Crippen molar-refractivity contribution < 1.29 is 13.9 Å². The smallest absolute Gasteiger partial charge is 0.340 e. The predicted octanol–water partition coefficient (Wildman–Crippen LogP) is 1.80. The molecule has 0 aliphatic rings. The van der Waals surface area contributed by atoms with E-state index < -0.39 is 11.9 Å². The molecule has 0 atom stereocenters. The molecule has 0 unspecified atom stereocenters. The van der Waals surface area contributed by atoms with Crippen LogP contribution in [0.15, 0.2) is 12.3 Å². The maximum Gasteiger partial charge on any atom is 0.340 e. The standard InChI is InChI=1S/C10H9FN2O2/c1-5-7(10(14)15-2)6-3-4-12-9(11)8(6)13-5/h3-4,13H,1-2H3. The number of nitrogens with one attached hydrogen (secondary N) is 1. The number of nitrogens with zero attached hydrogens (tertiary/aromatic N) is 1. The molecule has 0 amide bonds. The summed E-state index contributed by atoms with van der Waals surface area (Å²) in [5.41, 5.74) is 1.16. The van der Waals surface area contributed by atoms with Crippen molar-refractivity contribution in [3.63, 3.8) is 0 Å². The zero-order valence-electron chi connectivity index (χ0n) is 8.30. The van der Waals surface area contributed by atoms with E-state index in [1.165, 1.54) is 13.3 Å². The van der Waals surface area contributed by atoms with Crippen LogP contribution in [-0.4, -0.2) is 23.0 Å². The largest absolute Gasteiger partial charge is 0.465 e. The molecular formula is C10H9FN2O2. The van der Waals surface area contributed by atoms with Gasteiger partial charge in [0, 0.05) is 17.3 Å². The van der Waals surface area contributed by atoms with Gasteiger partial charge in [-0.3, -0.25) is 0 Å². The van der Waals surface area contributed by atoms with Gasteiger partial charge in [0.2, 0.25) is 5.95 Å². The summed E-state index contributed by atoms with van der Waals surface area (Å²) < 4.78 is 17.9. The van der Waals surface area contributed by atoms with Crippen LogP contribution in [-0.2, 0) is 4.74 Å². The summed E-state index contributed by atoms with van der Waals surface area (Å²) in [4.78, 5) is 17.7. The van der Waals surface area contributed by atoms with Crippen LogP contribution >= 0.6 is 0 Å². The van der Waals surface area contributed by atoms with E-state index in [1.807, 2.05) is 0 Å². The number of hydrogen-bond donors (Lipinski definition) is 1. The van der Waals surface area contributed by atoms with Crippen LogP contribution in [0.3, 0.4) is 0 Å². The van der Waals surface area contributed by atoms with E-state index in [2.05, 4.69) is 14.7 Å². The van der Waals surface area contributed by atoms with E-state index in [4.69, 9.17) is 0 Å². The summed E-state index contributed by atoms with van der Waals surface area (Å²) in [7, 11) is 1.29. The van der Waals surface area contributed by atoms with Crippen molar-refractivity contribution in [2.45, 2.75) is 6.92 Å². The van der Waals surface area contributed by atoms with Gasteiger partial charge in [-0.1, -0.05) is 0 Å². The number of rotatable bonds is 1. The molecule has 2 aromatic rings. The summed E-state index contributed by atoms with van der Waals surface area (Å²) in [6, 6.07) is 1.58. The van der Waals surface area contributed by atoms with Gasteiger partial charge in [0.1, 0.15) is 5.52 Å². The molecule has 1 N–H and O–H groups in total. The molecule has 5 heteroatoms. The number of halogens is 1. The highest BCUT2D eigenvalue weighted by atomic mass is 19.1. The molecule has 0 aliphatic heterocycles. The number of ether oxygens (including phenoxy) is 1. The Balaban J connectivity index is 2.79. The lowest BCUT2D eigenvalue weighted by atomic mass is 10.1. The summed E-state index contributed by atoms with van der Waals surface area (Å²) >= 11 is 0. The number of aryl methyl sites for hydroxylation is 1. The third-order valence-electron chi connectivity index (χ3n) is 2.25. The predicted molar refractivity (Wildman–Crippen MR) is 52.1 cm³/mol. The van der Waals surface area contributed by atoms with Gasteiger partial charge in [0.25, 0.3) is 0 Å². The molecule has 0 spiro atoms. The topological polar surface area (TPSA) is 55.0 Å². The van der Waals surface area contributed by atoms with Crippen LogP contribution in [0.2, 0.25) is 0 Å². The average molecular weight is 208 g/mol. The van der Waals surface area contributed by atoms with Gasteiger partial charge in [-0.15, -0.1) is 0 Å². The number of H-pyrrole nitrogens is 1. The molecule has 0 fully saturated rings. The van der Waals surface area contributed by atoms with Gasteiger partial charge < -0.3 is 9.72 Å². The summed E-state index contributed by atoms with van der Waals surface area (Å²) in [5, 5.41) is 0.492. The normalized spacial score (nSPS) is 10.6. The number of aromatic nitrogens is 2. The van der Waals surface area contributed by atoms with E-state index >= 15 is 0 Å². The van der Waals surface area contributed by atoms with Crippen LogP contribution in [0.1, 0.15) is 16.1 Å². The molecule has 0 saturated carbocycles. The third kappa shape index (κ3) is 1.36. The van der Waals surface area contributed by atoms with E-state index in [1.54, 1.807) is 13.0 Å². The van der Waals surface area contributed by atoms with E-state index in [0.717, 1.165) is 0 Å². The third-order valence-corrected chi connectivity index (χ3v) is 2.25. The maximum atomic E-state index is 13.3. The molecule has 2 aromatic heterocycles. The van der Waals surface area contributed by atoms with Crippen molar-refractivity contribution in [2.75, 3.05) is 7.11 Å². The minimum atomic E-state index is -0.620. The fourth-order valence-electron chi connectivity index (χ4n) is 1.58. The molecule has 0 aromatic carbocycles. The molecule has 4 nitrogen and oxygen atoms in total. The first-order valence-corrected chi connectivity index (χ1v) is 4.36. The number of methoxy groups -OCH3 is 1. The van der Waals surface area contributed by atoms with E-state index in [0.29, 0.717) is 16.6 Å². The summed E-state index contributed by atoms with van der Waals surface area (Å²) in [6.45, 7) is 1.69. The first kappa shape index (κ1) is 9.64. The van der Waals surface area contributed by atoms with Gasteiger partial charge in [0.05, 0.1) is 12.7 Å². The Labute approximate surface area is 85.1 Å². The van der Waals surface area contributed by atoms with Gasteiger partial charge in [0.15, 0.2) is 0 Å². The second-order valence-electron chi connectivity index (χ2n) is 3.14. The molecule has 0 radical (unpaired) electrons.